The topological polar surface area (TPSA) is 88.7 Å². The fourth-order valence-electron chi connectivity index (χ4n) is 3.44. The van der Waals surface area contributed by atoms with Gasteiger partial charge in [0.2, 0.25) is 5.91 Å². The van der Waals surface area contributed by atoms with Crippen LogP contribution in [-0.4, -0.2) is 60.7 Å². The first kappa shape index (κ1) is 20.6. The summed E-state index contributed by atoms with van der Waals surface area (Å²) >= 11 is 3.14. The smallest absolute Gasteiger partial charge is 0.287 e. The molecule has 2 amide bonds. The molecule has 30 heavy (non-hydrogen) atoms. The molecule has 1 aliphatic rings. The molecule has 0 unspecified atom stereocenters. The summed E-state index contributed by atoms with van der Waals surface area (Å²) in [5.41, 5.74) is 1.81. The van der Waals surface area contributed by atoms with Crippen LogP contribution in [0.3, 0.4) is 0 Å². The first-order valence-corrected chi connectivity index (χ1v) is 10.6. The lowest BCUT2D eigenvalue weighted by Gasteiger charge is -2.26. The van der Waals surface area contributed by atoms with Crippen molar-refractivity contribution in [3.05, 3.63) is 53.0 Å². The molecule has 0 bridgehead atoms. The van der Waals surface area contributed by atoms with Crippen molar-refractivity contribution >= 4 is 44.3 Å². The number of rotatable bonds is 7. The molecule has 0 radical (unpaired) electrons. The third-order valence-electron chi connectivity index (χ3n) is 5.02. The van der Waals surface area contributed by atoms with Crippen LogP contribution >= 0.6 is 15.9 Å². The Morgan fingerprint density at radius 3 is 2.67 bits per heavy atom. The normalized spacial score (nSPS) is 14.7. The lowest BCUT2D eigenvalue weighted by atomic mass is 10.2. The Kier molecular flexibility index (Phi) is 6.51. The van der Waals surface area contributed by atoms with Crippen molar-refractivity contribution in [2.45, 2.75) is 6.54 Å². The Morgan fingerprint density at radius 1 is 1.07 bits per heavy atom. The summed E-state index contributed by atoms with van der Waals surface area (Å²) in [5.74, 6) is -0.599. The van der Waals surface area contributed by atoms with Crippen LogP contribution in [0.2, 0.25) is 0 Å². The van der Waals surface area contributed by atoms with Crippen LogP contribution in [0.5, 0.6) is 0 Å². The molecule has 1 aromatic carbocycles. The van der Waals surface area contributed by atoms with Gasteiger partial charge in [0, 0.05) is 49.0 Å². The molecule has 2 N–H and O–H groups in total. The van der Waals surface area contributed by atoms with Crippen molar-refractivity contribution in [1.29, 1.82) is 0 Å². The van der Waals surface area contributed by atoms with Gasteiger partial charge in [-0.05, 0) is 52.3 Å². The standard InChI is InChI=1S/C21H23BrN4O4/c22-19-4-3-18(30-19)21(28)23-14-20(27)24-16-1-2-17-15(13-16)5-6-26(17)8-7-25-9-11-29-12-10-25/h1-6,13H,7-12,14H2,(H,23,28)(H,24,27). The van der Waals surface area contributed by atoms with Crippen molar-refractivity contribution in [1.82, 2.24) is 14.8 Å². The highest BCUT2D eigenvalue weighted by Gasteiger charge is 2.13. The second kappa shape index (κ2) is 9.46. The monoisotopic (exact) mass is 474 g/mol. The molecule has 4 rings (SSSR count). The van der Waals surface area contributed by atoms with Gasteiger partial charge < -0.3 is 24.4 Å². The number of nitrogens with one attached hydrogen (secondary N) is 2. The largest absolute Gasteiger partial charge is 0.444 e. The summed E-state index contributed by atoms with van der Waals surface area (Å²) in [4.78, 5) is 26.5. The van der Waals surface area contributed by atoms with E-state index >= 15 is 0 Å². The maximum Gasteiger partial charge on any atom is 0.287 e. The molecule has 0 spiro atoms. The number of ether oxygens (including phenoxy) is 1. The van der Waals surface area contributed by atoms with Gasteiger partial charge in [-0.2, -0.15) is 0 Å². The second-order valence-electron chi connectivity index (χ2n) is 7.07. The lowest BCUT2D eigenvalue weighted by molar-refractivity contribution is -0.115. The second-order valence-corrected chi connectivity index (χ2v) is 7.85. The fourth-order valence-corrected chi connectivity index (χ4v) is 3.74. The zero-order valence-corrected chi connectivity index (χ0v) is 18.0. The van der Waals surface area contributed by atoms with Crippen LogP contribution < -0.4 is 10.6 Å². The third kappa shape index (κ3) is 5.10. The molecule has 3 aromatic rings. The first-order chi connectivity index (χ1) is 14.6. The number of fused-ring (bicyclic) bond motifs is 1. The lowest BCUT2D eigenvalue weighted by Crippen LogP contribution is -2.38. The van der Waals surface area contributed by atoms with Crippen LogP contribution in [0, 0.1) is 0 Å². The van der Waals surface area contributed by atoms with Crippen LogP contribution in [0.4, 0.5) is 5.69 Å². The maximum absolute atomic E-state index is 12.2. The van der Waals surface area contributed by atoms with E-state index in [2.05, 4.69) is 42.2 Å². The number of carbonyl (C=O) groups excluding carboxylic acids is 2. The van der Waals surface area contributed by atoms with Crippen molar-refractivity contribution in [3.63, 3.8) is 0 Å². The van der Waals surface area contributed by atoms with E-state index in [0.29, 0.717) is 10.4 Å². The summed E-state index contributed by atoms with van der Waals surface area (Å²) < 4.78 is 13.2. The Bertz CT molecular complexity index is 1040. The van der Waals surface area contributed by atoms with E-state index in [1.165, 1.54) is 6.07 Å². The maximum atomic E-state index is 12.2. The Morgan fingerprint density at radius 2 is 1.90 bits per heavy atom. The van der Waals surface area contributed by atoms with Gasteiger partial charge in [0.15, 0.2) is 10.4 Å². The highest BCUT2D eigenvalue weighted by Crippen LogP contribution is 2.21. The third-order valence-corrected chi connectivity index (χ3v) is 5.45. The summed E-state index contributed by atoms with van der Waals surface area (Å²) in [6.07, 6.45) is 2.07. The van der Waals surface area contributed by atoms with E-state index in [-0.39, 0.29) is 18.2 Å². The van der Waals surface area contributed by atoms with Crippen molar-refractivity contribution < 1.29 is 18.7 Å². The van der Waals surface area contributed by atoms with Gasteiger partial charge in [0.25, 0.3) is 5.91 Å². The first-order valence-electron chi connectivity index (χ1n) is 9.81. The number of nitrogens with zero attached hydrogens (tertiary/aromatic N) is 2. The number of furan rings is 1. The number of amides is 2. The zero-order chi connectivity index (χ0) is 20.9. The van der Waals surface area contributed by atoms with Crippen molar-refractivity contribution in [3.8, 4) is 0 Å². The number of anilines is 1. The van der Waals surface area contributed by atoms with E-state index in [0.717, 1.165) is 50.3 Å². The highest BCUT2D eigenvalue weighted by molar-refractivity contribution is 9.10. The summed E-state index contributed by atoms with van der Waals surface area (Å²) in [7, 11) is 0. The molecule has 2 aromatic heterocycles. The van der Waals surface area contributed by atoms with Gasteiger partial charge in [-0.15, -0.1) is 0 Å². The number of hydrogen-bond acceptors (Lipinski definition) is 5. The molecule has 1 fully saturated rings. The molecule has 3 heterocycles. The molecule has 0 saturated carbocycles. The molecule has 1 saturated heterocycles. The van der Waals surface area contributed by atoms with E-state index in [4.69, 9.17) is 9.15 Å². The summed E-state index contributed by atoms with van der Waals surface area (Å²) in [6, 6.07) is 11.0. The minimum absolute atomic E-state index is 0.143. The molecule has 8 nitrogen and oxygen atoms in total. The molecule has 158 valence electrons. The number of hydrogen-bond donors (Lipinski definition) is 2. The molecule has 9 heteroatoms. The highest BCUT2D eigenvalue weighted by atomic mass is 79.9. The summed E-state index contributed by atoms with van der Waals surface area (Å²) in [6.45, 7) is 5.30. The molecule has 0 atom stereocenters. The molecule has 1 aliphatic heterocycles. The quantitative estimate of drug-likeness (QED) is 0.549. The number of benzene rings is 1. The molecular formula is C21H23BrN4O4. The van der Waals surface area contributed by atoms with Gasteiger partial charge in [0.1, 0.15) is 0 Å². The SMILES string of the molecule is O=C(CNC(=O)c1ccc(Br)o1)Nc1ccc2c(ccn2CCN2CCOCC2)c1. The van der Waals surface area contributed by atoms with E-state index in [1.807, 2.05) is 24.3 Å². The minimum atomic E-state index is -0.441. The summed E-state index contributed by atoms with van der Waals surface area (Å²) in [5, 5.41) is 6.41. The van der Waals surface area contributed by atoms with Gasteiger partial charge >= 0.3 is 0 Å². The number of morpholine rings is 1. The molecular weight excluding hydrogens is 452 g/mol. The molecule has 0 aliphatic carbocycles. The van der Waals surface area contributed by atoms with Gasteiger partial charge in [-0.25, -0.2) is 0 Å². The number of aromatic nitrogens is 1. The van der Waals surface area contributed by atoms with Crippen LogP contribution in [0.15, 0.2) is 51.7 Å². The van der Waals surface area contributed by atoms with Gasteiger partial charge in [-0.3, -0.25) is 14.5 Å². The Labute approximate surface area is 182 Å². The average Bonchev–Trinajstić information content (AvgIpc) is 3.37. The fraction of sp³-hybridized carbons (Fsp3) is 0.333. The van der Waals surface area contributed by atoms with E-state index in [1.54, 1.807) is 6.07 Å². The van der Waals surface area contributed by atoms with Crippen LogP contribution in [0.25, 0.3) is 10.9 Å². The predicted molar refractivity (Wildman–Crippen MR) is 117 cm³/mol. The Hall–Kier alpha value is -2.62. The van der Waals surface area contributed by atoms with Crippen molar-refractivity contribution in [2.75, 3.05) is 44.7 Å². The van der Waals surface area contributed by atoms with E-state index < -0.39 is 5.91 Å². The van der Waals surface area contributed by atoms with Gasteiger partial charge in [0.05, 0.1) is 19.8 Å². The van der Waals surface area contributed by atoms with Crippen molar-refractivity contribution in [2.24, 2.45) is 0 Å². The number of carbonyl (C=O) groups is 2. The van der Waals surface area contributed by atoms with Gasteiger partial charge in [-0.1, -0.05) is 0 Å². The minimum Gasteiger partial charge on any atom is -0.444 e. The average molecular weight is 475 g/mol. The zero-order valence-electron chi connectivity index (χ0n) is 16.4. The van der Waals surface area contributed by atoms with Crippen LogP contribution in [-0.2, 0) is 16.1 Å². The number of halogens is 1. The Balaban J connectivity index is 1.31. The van der Waals surface area contributed by atoms with E-state index in [9.17, 15) is 9.59 Å². The van der Waals surface area contributed by atoms with Crippen LogP contribution in [0.1, 0.15) is 10.6 Å². The predicted octanol–water partition coefficient (Wildman–Crippen LogP) is 2.70.